The molecule has 0 radical (unpaired) electrons. The van der Waals surface area contributed by atoms with Crippen molar-refractivity contribution in [2.45, 2.75) is 13.8 Å². The fraction of sp³-hybridized carbons (Fsp3) is 0.250. The average Bonchev–Trinajstić information content (AvgIpc) is 2.83. The summed E-state index contributed by atoms with van der Waals surface area (Å²) in [5.41, 5.74) is 2.48. The van der Waals surface area contributed by atoms with Crippen LogP contribution in [0.4, 0.5) is 0 Å². The van der Waals surface area contributed by atoms with Crippen molar-refractivity contribution in [1.29, 1.82) is 0 Å². The number of ether oxygens (including phenoxy) is 2. The Morgan fingerprint density at radius 1 is 1.14 bits per heavy atom. The lowest BCUT2D eigenvalue weighted by Crippen LogP contribution is -2.10. The maximum absolute atomic E-state index is 12.1. The van der Waals surface area contributed by atoms with E-state index in [0.29, 0.717) is 11.5 Å². The highest BCUT2D eigenvalue weighted by Gasteiger charge is 2.07. The molecule has 0 saturated heterocycles. The van der Waals surface area contributed by atoms with E-state index < -0.39 is 0 Å². The van der Waals surface area contributed by atoms with Gasteiger partial charge in [-0.15, -0.1) is 0 Å². The Balaban J connectivity index is 2.21. The quantitative estimate of drug-likeness (QED) is 0.811. The van der Waals surface area contributed by atoms with E-state index >= 15 is 0 Å². The average molecular weight is 286 g/mol. The monoisotopic (exact) mass is 286 g/mol. The van der Waals surface area contributed by atoms with Crippen LogP contribution in [0, 0.1) is 13.8 Å². The molecule has 110 valence electrons. The van der Waals surface area contributed by atoms with Gasteiger partial charge in [-0.2, -0.15) is 5.10 Å². The summed E-state index contributed by atoms with van der Waals surface area (Å²) in [7, 11) is 3.16. The van der Waals surface area contributed by atoms with Crippen LogP contribution in [0.2, 0.25) is 0 Å². The molecular weight excluding hydrogens is 268 g/mol. The van der Waals surface area contributed by atoms with E-state index in [1.807, 2.05) is 32.0 Å². The predicted molar refractivity (Wildman–Crippen MR) is 80.9 cm³/mol. The van der Waals surface area contributed by atoms with E-state index in [-0.39, 0.29) is 5.91 Å². The highest BCUT2D eigenvalue weighted by atomic mass is 16.5. The van der Waals surface area contributed by atoms with E-state index in [1.54, 1.807) is 26.4 Å². The number of nitrogens with zero attached hydrogens (tertiary/aromatic N) is 2. The van der Waals surface area contributed by atoms with Gasteiger partial charge < -0.3 is 9.47 Å². The van der Waals surface area contributed by atoms with Crippen LogP contribution in [0.15, 0.2) is 30.3 Å². The number of hydrogen-bond donors (Lipinski definition) is 0. The van der Waals surface area contributed by atoms with Crippen LogP contribution in [-0.4, -0.2) is 29.9 Å². The molecule has 0 amide bonds. The molecule has 0 N–H and O–H groups in total. The van der Waals surface area contributed by atoms with Crippen molar-refractivity contribution in [1.82, 2.24) is 9.78 Å². The number of aromatic nitrogens is 2. The topological polar surface area (TPSA) is 53.4 Å². The molecule has 5 heteroatoms. The summed E-state index contributed by atoms with van der Waals surface area (Å²) >= 11 is 0. The Hall–Kier alpha value is -2.56. The molecule has 0 aliphatic heterocycles. The van der Waals surface area contributed by atoms with Crippen molar-refractivity contribution < 1.29 is 14.3 Å². The molecule has 0 aliphatic rings. The van der Waals surface area contributed by atoms with Crippen molar-refractivity contribution in [3.8, 4) is 11.5 Å². The lowest BCUT2D eigenvalue weighted by molar-refractivity contribution is 0.0952. The summed E-state index contributed by atoms with van der Waals surface area (Å²) in [6.45, 7) is 3.71. The van der Waals surface area contributed by atoms with Gasteiger partial charge in [-0.3, -0.25) is 4.79 Å². The first-order chi connectivity index (χ1) is 10.0. The molecule has 5 nitrogen and oxygen atoms in total. The Kier molecular flexibility index (Phi) is 4.42. The van der Waals surface area contributed by atoms with Gasteiger partial charge in [0.15, 0.2) is 11.5 Å². The van der Waals surface area contributed by atoms with Gasteiger partial charge in [0.25, 0.3) is 5.91 Å². The van der Waals surface area contributed by atoms with Crippen LogP contribution < -0.4 is 9.47 Å². The SMILES string of the molecule is COc1ccc(/C=C/C(=O)n2nc(C)cc2C)cc1OC. The van der Waals surface area contributed by atoms with Crippen LogP contribution in [0.5, 0.6) is 11.5 Å². The zero-order valence-corrected chi connectivity index (χ0v) is 12.6. The van der Waals surface area contributed by atoms with Gasteiger partial charge >= 0.3 is 0 Å². The van der Waals surface area contributed by atoms with E-state index in [2.05, 4.69) is 5.10 Å². The van der Waals surface area contributed by atoms with Gasteiger partial charge in [-0.1, -0.05) is 6.07 Å². The van der Waals surface area contributed by atoms with E-state index in [1.165, 1.54) is 10.8 Å². The third kappa shape index (κ3) is 3.31. The summed E-state index contributed by atoms with van der Waals surface area (Å²) in [6, 6.07) is 7.32. The zero-order chi connectivity index (χ0) is 15.4. The predicted octanol–water partition coefficient (Wildman–Crippen LogP) is 2.87. The molecular formula is C16H18N2O3. The Morgan fingerprint density at radius 2 is 1.86 bits per heavy atom. The molecule has 0 spiro atoms. The largest absolute Gasteiger partial charge is 0.493 e. The second-order valence-corrected chi connectivity index (χ2v) is 4.62. The first-order valence-corrected chi connectivity index (χ1v) is 6.53. The second-order valence-electron chi connectivity index (χ2n) is 4.62. The molecule has 2 rings (SSSR count). The number of aryl methyl sites for hydroxylation is 2. The second kappa shape index (κ2) is 6.26. The van der Waals surface area contributed by atoms with Crippen LogP contribution in [-0.2, 0) is 0 Å². The first kappa shape index (κ1) is 14.8. The van der Waals surface area contributed by atoms with Gasteiger partial charge in [-0.05, 0) is 43.7 Å². The third-order valence-electron chi connectivity index (χ3n) is 3.04. The lowest BCUT2D eigenvalue weighted by atomic mass is 10.2. The van der Waals surface area contributed by atoms with Gasteiger partial charge in [-0.25, -0.2) is 4.68 Å². The molecule has 0 atom stereocenters. The van der Waals surface area contributed by atoms with Crippen molar-refractivity contribution in [2.24, 2.45) is 0 Å². The minimum absolute atomic E-state index is 0.185. The molecule has 0 saturated carbocycles. The molecule has 0 bridgehead atoms. The number of carbonyl (C=O) groups is 1. The van der Waals surface area contributed by atoms with Crippen molar-refractivity contribution in [2.75, 3.05) is 14.2 Å². The third-order valence-corrected chi connectivity index (χ3v) is 3.04. The first-order valence-electron chi connectivity index (χ1n) is 6.53. The molecule has 1 aromatic carbocycles. The molecule has 0 fully saturated rings. The molecule has 21 heavy (non-hydrogen) atoms. The standard InChI is InChI=1S/C16H18N2O3/c1-11-9-12(2)18(17-11)16(19)8-6-13-5-7-14(20-3)15(10-13)21-4/h5-10H,1-4H3/b8-6+. The summed E-state index contributed by atoms with van der Waals surface area (Å²) in [6.07, 6.45) is 3.21. The molecule has 0 aliphatic carbocycles. The van der Waals surface area contributed by atoms with Crippen molar-refractivity contribution in [3.63, 3.8) is 0 Å². The summed E-state index contributed by atoms with van der Waals surface area (Å²) in [4.78, 5) is 12.1. The maximum Gasteiger partial charge on any atom is 0.271 e. The number of hydrogen-bond acceptors (Lipinski definition) is 4. The van der Waals surface area contributed by atoms with Crippen LogP contribution in [0.3, 0.4) is 0 Å². The zero-order valence-electron chi connectivity index (χ0n) is 12.6. The molecule has 2 aromatic rings. The van der Waals surface area contributed by atoms with Crippen molar-refractivity contribution in [3.05, 3.63) is 47.3 Å². The van der Waals surface area contributed by atoms with Crippen LogP contribution >= 0.6 is 0 Å². The Morgan fingerprint density at radius 3 is 2.43 bits per heavy atom. The molecule has 1 aromatic heterocycles. The number of rotatable bonds is 4. The smallest absolute Gasteiger partial charge is 0.271 e. The minimum atomic E-state index is -0.185. The fourth-order valence-corrected chi connectivity index (χ4v) is 2.05. The summed E-state index contributed by atoms with van der Waals surface area (Å²) < 4.78 is 11.8. The minimum Gasteiger partial charge on any atom is -0.493 e. The highest BCUT2D eigenvalue weighted by molar-refractivity contribution is 5.93. The van der Waals surface area contributed by atoms with E-state index in [4.69, 9.17) is 9.47 Å². The van der Waals surface area contributed by atoms with Gasteiger partial charge in [0.05, 0.1) is 19.9 Å². The summed E-state index contributed by atoms with van der Waals surface area (Å²) in [5.74, 6) is 1.09. The van der Waals surface area contributed by atoms with Crippen molar-refractivity contribution >= 4 is 12.0 Å². The van der Waals surface area contributed by atoms with Crippen LogP contribution in [0.1, 0.15) is 21.7 Å². The number of benzene rings is 1. The molecule has 1 heterocycles. The van der Waals surface area contributed by atoms with Gasteiger partial charge in [0, 0.05) is 11.8 Å². The Bertz CT molecular complexity index is 687. The maximum atomic E-state index is 12.1. The van der Waals surface area contributed by atoms with E-state index in [0.717, 1.165) is 17.0 Å². The van der Waals surface area contributed by atoms with Crippen LogP contribution in [0.25, 0.3) is 6.08 Å². The van der Waals surface area contributed by atoms with E-state index in [9.17, 15) is 4.79 Å². The fourth-order valence-electron chi connectivity index (χ4n) is 2.05. The Labute approximate surface area is 123 Å². The van der Waals surface area contributed by atoms with Gasteiger partial charge in [0.2, 0.25) is 0 Å². The highest BCUT2D eigenvalue weighted by Crippen LogP contribution is 2.27. The lowest BCUT2D eigenvalue weighted by Gasteiger charge is -2.07. The number of allylic oxidation sites excluding steroid dienone is 1. The normalized spacial score (nSPS) is 10.9. The number of methoxy groups -OCH3 is 2. The summed E-state index contributed by atoms with van der Waals surface area (Å²) in [5, 5.41) is 4.15. The molecule has 0 unspecified atom stereocenters. The number of carbonyl (C=O) groups excluding carboxylic acids is 1. The van der Waals surface area contributed by atoms with Gasteiger partial charge in [0.1, 0.15) is 0 Å².